The number of furan rings is 1. The lowest BCUT2D eigenvalue weighted by Gasteiger charge is -2.14. The maximum Gasteiger partial charge on any atom is 0.289 e. The number of fused-ring (bicyclic) bond motifs is 1. The SMILES string of the molecule is Cc1oc(-c2ccccc2)nc1CCOc1ccc(CN2C(=O)CSC2=O)c2ccoc12. The van der Waals surface area contributed by atoms with Gasteiger partial charge in [0.05, 0.1) is 30.9 Å². The molecule has 2 amide bonds. The Bertz CT molecular complexity index is 1280. The Labute approximate surface area is 188 Å². The number of benzene rings is 2. The highest BCUT2D eigenvalue weighted by Gasteiger charge is 2.30. The number of imide groups is 1. The van der Waals surface area contributed by atoms with Crippen LogP contribution < -0.4 is 4.74 Å². The summed E-state index contributed by atoms with van der Waals surface area (Å²) in [7, 11) is 0. The molecule has 7 nitrogen and oxygen atoms in total. The first kappa shape index (κ1) is 20.4. The molecule has 1 saturated heterocycles. The molecule has 0 saturated carbocycles. The third-order valence-corrected chi connectivity index (χ3v) is 6.21. The number of hydrogen-bond donors (Lipinski definition) is 0. The lowest BCUT2D eigenvalue weighted by molar-refractivity contribution is -0.125. The van der Waals surface area contributed by atoms with Crippen molar-refractivity contribution < 1.29 is 23.2 Å². The van der Waals surface area contributed by atoms with Gasteiger partial charge in [0, 0.05) is 17.4 Å². The quantitative estimate of drug-likeness (QED) is 0.383. The van der Waals surface area contributed by atoms with E-state index in [1.165, 1.54) is 4.90 Å². The molecule has 1 aliphatic rings. The number of aryl methyl sites for hydroxylation is 1. The van der Waals surface area contributed by atoms with Gasteiger partial charge in [0.15, 0.2) is 11.3 Å². The van der Waals surface area contributed by atoms with Gasteiger partial charge in [0.25, 0.3) is 5.24 Å². The summed E-state index contributed by atoms with van der Waals surface area (Å²) < 4.78 is 17.4. The van der Waals surface area contributed by atoms with Crippen molar-refractivity contribution >= 4 is 33.9 Å². The molecule has 4 aromatic rings. The third-order valence-electron chi connectivity index (χ3n) is 5.35. The van der Waals surface area contributed by atoms with Gasteiger partial charge in [-0.3, -0.25) is 14.5 Å². The monoisotopic (exact) mass is 448 g/mol. The molecule has 0 unspecified atom stereocenters. The molecule has 0 atom stereocenters. The summed E-state index contributed by atoms with van der Waals surface area (Å²) >= 11 is 1.03. The summed E-state index contributed by atoms with van der Waals surface area (Å²) in [6.07, 6.45) is 2.16. The number of carbonyl (C=O) groups excluding carboxylic acids is 2. The first-order valence-corrected chi connectivity index (χ1v) is 11.2. The number of nitrogens with zero attached hydrogens (tertiary/aromatic N) is 2. The number of ether oxygens (including phenoxy) is 1. The van der Waals surface area contributed by atoms with E-state index >= 15 is 0 Å². The van der Waals surface area contributed by atoms with Crippen molar-refractivity contribution in [2.75, 3.05) is 12.4 Å². The van der Waals surface area contributed by atoms with Crippen molar-refractivity contribution in [3.05, 3.63) is 71.8 Å². The average Bonchev–Trinajstić information content (AvgIpc) is 3.52. The second kappa shape index (κ2) is 8.55. The van der Waals surface area contributed by atoms with Crippen molar-refractivity contribution in [3.63, 3.8) is 0 Å². The zero-order valence-corrected chi connectivity index (χ0v) is 18.2. The number of rotatable bonds is 7. The topological polar surface area (TPSA) is 85.8 Å². The van der Waals surface area contributed by atoms with Crippen LogP contribution in [0.2, 0.25) is 0 Å². The predicted octanol–water partition coefficient (Wildman–Crippen LogP) is 5.21. The molecule has 0 N–H and O–H groups in total. The molecule has 0 spiro atoms. The van der Waals surface area contributed by atoms with E-state index in [9.17, 15) is 9.59 Å². The Morgan fingerprint density at radius 1 is 1.12 bits per heavy atom. The molecule has 5 rings (SSSR count). The minimum absolute atomic E-state index is 0.171. The van der Waals surface area contributed by atoms with Gasteiger partial charge in [-0.1, -0.05) is 36.0 Å². The van der Waals surface area contributed by atoms with Crippen LogP contribution in [-0.4, -0.2) is 33.4 Å². The lowest BCUT2D eigenvalue weighted by Crippen LogP contribution is -2.27. The Kier molecular flexibility index (Phi) is 5.45. The van der Waals surface area contributed by atoms with Gasteiger partial charge in [-0.2, -0.15) is 0 Å². The smallest absolute Gasteiger partial charge is 0.289 e. The van der Waals surface area contributed by atoms with Crippen LogP contribution in [0.25, 0.3) is 22.4 Å². The molecular formula is C24H20N2O5S. The molecule has 1 fully saturated rings. The van der Waals surface area contributed by atoms with Crippen LogP contribution in [0.5, 0.6) is 5.75 Å². The van der Waals surface area contributed by atoms with Gasteiger partial charge in [-0.05, 0) is 36.8 Å². The summed E-state index contributed by atoms with van der Waals surface area (Å²) in [6, 6.07) is 15.3. The van der Waals surface area contributed by atoms with E-state index in [2.05, 4.69) is 4.98 Å². The van der Waals surface area contributed by atoms with Gasteiger partial charge in [0.1, 0.15) is 5.76 Å². The Morgan fingerprint density at radius 2 is 1.97 bits per heavy atom. The highest BCUT2D eigenvalue weighted by Crippen LogP contribution is 2.32. The van der Waals surface area contributed by atoms with Gasteiger partial charge in [-0.25, -0.2) is 4.98 Å². The summed E-state index contributed by atoms with van der Waals surface area (Å²) in [5.74, 6) is 1.99. The molecule has 32 heavy (non-hydrogen) atoms. The number of oxazole rings is 1. The van der Waals surface area contributed by atoms with Crippen LogP contribution in [-0.2, 0) is 17.8 Å². The highest BCUT2D eigenvalue weighted by atomic mass is 32.2. The van der Waals surface area contributed by atoms with Crippen LogP contribution in [0.3, 0.4) is 0 Å². The molecule has 0 radical (unpaired) electrons. The van der Waals surface area contributed by atoms with Crippen molar-refractivity contribution in [2.24, 2.45) is 0 Å². The largest absolute Gasteiger partial charge is 0.489 e. The Hall–Kier alpha value is -3.52. The highest BCUT2D eigenvalue weighted by molar-refractivity contribution is 8.14. The molecule has 2 aromatic heterocycles. The standard InChI is InChI=1S/C24H20N2O5S/c1-15-19(25-23(31-15)16-5-3-2-4-6-16)10-12-29-20-8-7-17(18-9-11-30-22(18)20)13-26-21(27)14-32-24(26)28/h2-9,11H,10,12-14H2,1H3. The molecule has 0 bridgehead atoms. The van der Waals surface area contributed by atoms with Crippen LogP contribution in [0.15, 0.2) is 63.6 Å². The molecule has 2 aromatic carbocycles. The zero-order chi connectivity index (χ0) is 22.1. The summed E-state index contributed by atoms with van der Waals surface area (Å²) in [5.41, 5.74) is 3.21. The Morgan fingerprint density at radius 3 is 2.75 bits per heavy atom. The molecule has 3 heterocycles. The fraction of sp³-hybridized carbons (Fsp3) is 0.208. The van der Waals surface area contributed by atoms with Gasteiger partial charge in [0.2, 0.25) is 11.8 Å². The number of hydrogen-bond acceptors (Lipinski definition) is 7. The van der Waals surface area contributed by atoms with Crippen molar-refractivity contribution in [3.8, 4) is 17.2 Å². The maximum absolute atomic E-state index is 11.9. The normalized spacial score (nSPS) is 14.0. The fourth-order valence-electron chi connectivity index (χ4n) is 3.67. The van der Waals surface area contributed by atoms with E-state index in [1.54, 1.807) is 6.26 Å². The van der Waals surface area contributed by atoms with E-state index < -0.39 is 0 Å². The maximum atomic E-state index is 11.9. The van der Waals surface area contributed by atoms with E-state index in [-0.39, 0.29) is 23.4 Å². The molecular weight excluding hydrogens is 428 g/mol. The van der Waals surface area contributed by atoms with E-state index in [4.69, 9.17) is 13.6 Å². The molecule has 0 aliphatic carbocycles. The number of aromatic nitrogens is 1. The van der Waals surface area contributed by atoms with Crippen LogP contribution >= 0.6 is 11.8 Å². The molecule has 1 aliphatic heterocycles. The molecule has 8 heteroatoms. The van der Waals surface area contributed by atoms with Crippen LogP contribution in [0.1, 0.15) is 17.0 Å². The van der Waals surface area contributed by atoms with Crippen molar-refractivity contribution in [2.45, 2.75) is 19.9 Å². The Balaban J connectivity index is 1.29. The summed E-state index contributed by atoms with van der Waals surface area (Å²) in [4.78, 5) is 29.8. The van der Waals surface area contributed by atoms with Gasteiger partial charge >= 0.3 is 0 Å². The van der Waals surface area contributed by atoms with Crippen molar-refractivity contribution in [1.82, 2.24) is 9.88 Å². The molecule has 162 valence electrons. The van der Waals surface area contributed by atoms with Crippen LogP contribution in [0, 0.1) is 6.92 Å². The summed E-state index contributed by atoms with van der Waals surface area (Å²) in [6.45, 7) is 2.52. The average molecular weight is 449 g/mol. The van der Waals surface area contributed by atoms with E-state index in [0.717, 1.165) is 39.7 Å². The van der Waals surface area contributed by atoms with Crippen LogP contribution in [0.4, 0.5) is 4.79 Å². The predicted molar refractivity (Wildman–Crippen MR) is 120 cm³/mol. The van der Waals surface area contributed by atoms with Crippen molar-refractivity contribution in [1.29, 1.82) is 0 Å². The minimum Gasteiger partial charge on any atom is -0.489 e. The lowest BCUT2D eigenvalue weighted by atomic mass is 10.1. The van der Waals surface area contributed by atoms with Gasteiger partial charge < -0.3 is 13.6 Å². The zero-order valence-electron chi connectivity index (χ0n) is 17.4. The van der Waals surface area contributed by atoms with E-state index in [0.29, 0.717) is 30.3 Å². The third kappa shape index (κ3) is 3.89. The second-order valence-corrected chi connectivity index (χ2v) is 8.33. The minimum atomic E-state index is -0.218. The van der Waals surface area contributed by atoms with Gasteiger partial charge in [-0.15, -0.1) is 0 Å². The first-order chi connectivity index (χ1) is 15.6. The second-order valence-electron chi connectivity index (χ2n) is 7.41. The summed E-state index contributed by atoms with van der Waals surface area (Å²) in [5, 5.41) is 0.605. The number of carbonyl (C=O) groups is 2. The number of thioether (sulfide) groups is 1. The first-order valence-electron chi connectivity index (χ1n) is 10.2. The fourth-order valence-corrected chi connectivity index (χ4v) is 4.40. The van der Waals surface area contributed by atoms with E-state index in [1.807, 2.05) is 55.5 Å². The number of amides is 2.